The molecular weight excluding hydrogens is 333 g/mol. The zero-order valence-corrected chi connectivity index (χ0v) is 14.3. The lowest BCUT2D eigenvalue weighted by Crippen LogP contribution is -2.52. The monoisotopic (exact) mass is 353 g/mol. The quantitative estimate of drug-likeness (QED) is 0.794. The summed E-state index contributed by atoms with van der Waals surface area (Å²) in [6.07, 6.45) is 0.226. The Morgan fingerprint density at radius 2 is 1.46 bits per heavy atom. The van der Waals surface area contributed by atoms with E-state index in [9.17, 15) is 14.0 Å². The molecule has 0 N–H and O–H groups in total. The highest BCUT2D eigenvalue weighted by Gasteiger charge is 2.43. The molecule has 0 unspecified atom stereocenters. The number of benzene rings is 2. The second kappa shape index (κ2) is 6.88. The summed E-state index contributed by atoms with van der Waals surface area (Å²) in [6.45, 7) is 2.89. The van der Waals surface area contributed by atoms with Crippen LogP contribution in [0.4, 0.5) is 15.8 Å². The van der Waals surface area contributed by atoms with Crippen molar-refractivity contribution in [1.82, 2.24) is 4.90 Å². The summed E-state index contributed by atoms with van der Waals surface area (Å²) in [5.41, 5.74) is 1.61. The highest BCUT2D eigenvalue weighted by molar-refractivity contribution is 6.22. The van der Waals surface area contributed by atoms with Crippen LogP contribution in [0.5, 0.6) is 0 Å². The molecule has 0 bridgehead atoms. The van der Waals surface area contributed by atoms with Crippen molar-refractivity contribution in [3.05, 3.63) is 60.4 Å². The molecule has 0 saturated carbocycles. The van der Waals surface area contributed by atoms with Crippen LogP contribution in [0.15, 0.2) is 54.6 Å². The van der Waals surface area contributed by atoms with Crippen molar-refractivity contribution in [3.8, 4) is 0 Å². The van der Waals surface area contributed by atoms with Crippen LogP contribution in [-0.2, 0) is 9.59 Å². The van der Waals surface area contributed by atoms with Crippen LogP contribution < -0.4 is 9.80 Å². The summed E-state index contributed by atoms with van der Waals surface area (Å²) < 4.78 is 13.1. The predicted molar refractivity (Wildman–Crippen MR) is 97.5 cm³/mol. The molecule has 0 aromatic heterocycles. The molecule has 4 rings (SSSR count). The summed E-state index contributed by atoms with van der Waals surface area (Å²) in [5.74, 6) is -0.535. The van der Waals surface area contributed by atoms with Crippen LogP contribution in [0.1, 0.15) is 6.42 Å². The van der Waals surface area contributed by atoms with Crippen LogP contribution >= 0.6 is 0 Å². The summed E-state index contributed by atoms with van der Waals surface area (Å²) in [4.78, 5) is 30.8. The molecule has 1 atom stereocenters. The van der Waals surface area contributed by atoms with Gasteiger partial charge in [-0.1, -0.05) is 18.2 Å². The summed E-state index contributed by atoms with van der Waals surface area (Å²) in [6, 6.07) is 15.1. The minimum Gasteiger partial charge on any atom is -0.369 e. The summed E-state index contributed by atoms with van der Waals surface area (Å²) >= 11 is 0. The first kappa shape index (κ1) is 16.7. The molecule has 134 valence electrons. The van der Waals surface area contributed by atoms with E-state index in [2.05, 4.69) is 9.80 Å². The topological polar surface area (TPSA) is 43.9 Å². The van der Waals surface area contributed by atoms with Crippen LogP contribution in [0.25, 0.3) is 0 Å². The molecule has 0 spiro atoms. The Labute approximate surface area is 151 Å². The molecule has 6 heteroatoms. The number of imide groups is 1. The number of carbonyl (C=O) groups is 2. The van der Waals surface area contributed by atoms with Gasteiger partial charge >= 0.3 is 0 Å². The number of rotatable bonds is 3. The fourth-order valence-corrected chi connectivity index (χ4v) is 3.69. The number of halogens is 1. The number of anilines is 2. The molecule has 2 aromatic rings. The lowest BCUT2D eigenvalue weighted by atomic mass is 10.1. The Balaban J connectivity index is 1.42. The van der Waals surface area contributed by atoms with Gasteiger partial charge in [0.1, 0.15) is 5.82 Å². The van der Waals surface area contributed by atoms with Gasteiger partial charge in [0.05, 0.1) is 18.2 Å². The van der Waals surface area contributed by atoms with E-state index in [1.165, 1.54) is 17.0 Å². The van der Waals surface area contributed by atoms with Gasteiger partial charge in [-0.25, -0.2) is 9.29 Å². The minimum atomic E-state index is -0.391. The van der Waals surface area contributed by atoms with Crippen molar-refractivity contribution < 1.29 is 14.0 Å². The van der Waals surface area contributed by atoms with Gasteiger partial charge in [0.2, 0.25) is 5.91 Å². The molecule has 2 aromatic carbocycles. The predicted octanol–water partition coefficient (Wildman–Crippen LogP) is 2.28. The van der Waals surface area contributed by atoms with Gasteiger partial charge in [-0.2, -0.15) is 0 Å². The fourth-order valence-electron chi connectivity index (χ4n) is 3.69. The second-order valence-corrected chi connectivity index (χ2v) is 6.62. The Bertz CT molecular complexity index is 802. The number of hydrogen-bond acceptors (Lipinski definition) is 4. The highest BCUT2D eigenvalue weighted by atomic mass is 19.1. The van der Waals surface area contributed by atoms with Crippen molar-refractivity contribution in [2.45, 2.75) is 12.5 Å². The lowest BCUT2D eigenvalue weighted by molar-refractivity contribution is -0.123. The third-order valence-electron chi connectivity index (χ3n) is 5.08. The maximum Gasteiger partial charge on any atom is 0.251 e. The van der Waals surface area contributed by atoms with Crippen LogP contribution in [-0.4, -0.2) is 48.9 Å². The largest absolute Gasteiger partial charge is 0.369 e. The van der Waals surface area contributed by atoms with Crippen molar-refractivity contribution in [2.24, 2.45) is 0 Å². The number of para-hydroxylation sites is 1. The third kappa shape index (κ3) is 3.08. The first-order valence-electron chi connectivity index (χ1n) is 8.80. The molecule has 2 heterocycles. The highest BCUT2D eigenvalue weighted by Crippen LogP contribution is 2.27. The third-order valence-corrected chi connectivity index (χ3v) is 5.08. The number of hydrogen-bond donors (Lipinski definition) is 0. The molecular formula is C20H20FN3O2. The van der Waals surface area contributed by atoms with Crippen LogP contribution in [0.2, 0.25) is 0 Å². The van der Waals surface area contributed by atoms with E-state index in [4.69, 9.17) is 0 Å². The van der Waals surface area contributed by atoms with E-state index < -0.39 is 6.04 Å². The van der Waals surface area contributed by atoms with Crippen LogP contribution in [0.3, 0.4) is 0 Å². The Morgan fingerprint density at radius 1 is 0.808 bits per heavy atom. The van der Waals surface area contributed by atoms with E-state index in [1.54, 1.807) is 24.3 Å². The molecule has 26 heavy (non-hydrogen) atoms. The van der Waals surface area contributed by atoms with E-state index in [0.29, 0.717) is 18.8 Å². The van der Waals surface area contributed by atoms with Gasteiger partial charge in [0.15, 0.2) is 0 Å². The first-order chi connectivity index (χ1) is 12.6. The van der Waals surface area contributed by atoms with Gasteiger partial charge in [0, 0.05) is 31.9 Å². The maximum absolute atomic E-state index is 13.1. The van der Waals surface area contributed by atoms with Crippen molar-refractivity contribution in [1.29, 1.82) is 0 Å². The van der Waals surface area contributed by atoms with E-state index in [1.807, 2.05) is 18.2 Å². The van der Waals surface area contributed by atoms with Gasteiger partial charge in [-0.3, -0.25) is 14.5 Å². The van der Waals surface area contributed by atoms with Crippen molar-refractivity contribution in [3.63, 3.8) is 0 Å². The first-order valence-corrected chi connectivity index (χ1v) is 8.80. The van der Waals surface area contributed by atoms with E-state index in [-0.39, 0.29) is 24.1 Å². The molecule has 2 aliphatic heterocycles. The summed E-state index contributed by atoms with van der Waals surface area (Å²) in [7, 11) is 0. The number of nitrogens with zero attached hydrogens (tertiary/aromatic N) is 3. The molecule has 0 aliphatic carbocycles. The molecule has 2 fully saturated rings. The minimum absolute atomic E-state index is 0.142. The SMILES string of the molecule is O=C1C[C@H](N2CCN(c3ccc(F)cc3)CC2)C(=O)N1c1ccccc1. The molecule has 0 radical (unpaired) electrons. The zero-order chi connectivity index (χ0) is 18.1. The lowest BCUT2D eigenvalue weighted by Gasteiger charge is -2.38. The Morgan fingerprint density at radius 3 is 2.12 bits per heavy atom. The summed E-state index contributed by atoms with van der Waals surface area (Å²) in [5, 5.41) is 0. The Kier molecular flexibility index (Phi) is 4.42. The van der Waals surface area contributed by atoms with E-state index >= 15 is 0 Å². The van der Waals surface area contributed by atoms with E-state index in [0.717, 1.165) is 18.8 Å². The average Bonchev–Trinajstić information content (AvgIpc) is 2.97. The molecule has 2 amide bonds. The fraction of sp³-hybridized carbons (Fsp3) is 0.300. The van der Waals surface area contributed by atoms with Gasteiger partial charge in [-0.15, -0.1) is 0 Å². The normalized spacial score (nSPS) is 21.5. The average molecular weight is 353 g/mol. The number of amides is 2. The Hall–Kier alpha value is -2.73. The van der Waals surface area contributed by atoms with Crippen molar-refractivity contribution in [2.75, 3.05) is 36.0 Å². The number of piperazine rings is 1. The van der Waals surface area contributed by atoms with Crippen molar-refractivity contribution >= 4 is 23.2 Å². The van der Waals surface area contributed by atoms with Gasteiger partial charge in [-0.05, 0) is 36.4 Å². The molecule has 5 nitrogen and oxygen atoms in total. The second-order valence-electron chi connectivity index (χ2n) is 6.62. The maximum atomic E-state index is 13.1. The van der Waals surface area contributed by atoms with Crippen LogP contribution in [0, 0.1) is 5.82 Å². The smallest absolute Gasteiger partial charge is 0.251 e. The van der Waals surface area contributed by atoms with Gasteiger partial charge in [0.25, 0.3) is 5.91 Å². The standard InChI is InChI=1S/C20H20FN3O2/c21-15-6-8-16(9-7-15)22-10-12-23(13-11-22)18-14-19(25)24(20(18)26)17-4-2-1-3-5-17/h1-9,18H,10-14H2/t18-/m0/s1. The number of carbonyl (C=O) groups excluding carboxylic acids is 2. The van der Waals surface area contributed by atoms with Gasteiger partial charge < -0.3 is 4.90 Å². The molecule has 2 saturated heterocycles. The molecule has 2 aliphatic rings. The zero-order valence-electron chi connectivity index (χ0n) is 14.3.